The molecule has 1 saturated carbocycles. The molecule has 1 fully saturated rings. The molecule has 0 unspecified atom stereocenters. The van der Waals surface area contributed by atoms with E-state index in [1.165, 1.54) is 18.9 Å². The first-order chi connectivity index (χ1) is 10.2. The fourth-order valence-corrected chi connectivity index (χ4v) is 2.53. The molecule has 0 spiro atoms. The van der Waals surface area contributed by atoms with E-state index < -0.39 is 0 Å². The van der Waals surface area contributed by atoms with Crippen LogP contribution in [0.3, 0.4) is 0 Å². The molecule has 0 atom stereocenters. The molecule has 4 heteroatoms. The number of halogens is 2. The second-order valence-electron chi connectivity index (χ2n) is 5.33. The Kier molecular flexibility index (Phi) is 4.56. The van der Waals surface area contributed by atoms with E-state index >= 15 is 0 Å². The van der Waals surface area contributed by atoms with Crippen molar-refractivity contribution in [2.45, 2.75) is 32.0 Å². The van der Waals surface area contributed by atoms with E-state index in [-0.39, 0.29) is 5.82 Å². The van der Waals surface area contributed by atoms with E-state index in [9.17, 15) is 4.39 Å². The third-order valence-corrected chi connectivity index (χ3v) is 4.23. The predicted molar refractivity (Wildman–Crippen MR) is 84.7 cm³/mol. The molecule has 2 nitrogen and oxygen atoms in total. The predicted octanol–water partition coefficient (Wildman–Crippen LogP) is 4.42. The summed E-state index contributed by atoms with van der Waals surface area (Å²) in [4.78, 5) is 0. The molecule has 0 radical (unpaired) electrons. The Morgan fingerprint density at radius 1 is 1.19 bits per heavy atom. The highest BCUT2D eigenvalue weighted by Gasteiger charge is 2.20. The van der Waals surface area contributed by atoms with Gasteiger partial charge < -0.3 is 10.1 Å². The van der Waals surface area contributed by atoms with Crippen LogP contribution in [0.4, 0.5) is 4.39 Å². The smallest absolute Gasteiger partial charge is 0.127 e. The monoisotopic (exact) mass is 349 g/mol. The summed E-state index contributed by atoms with van der Waals surface area (Å²) in [5.74, 6) is 0.311. The molecule has 1 aliphatic carbocycles. The maximum Gasteiger partial charge on any atom is 0.127 e. The van der Waals surface area contributed by atoms with Crippen LogP contribution in [0.1, 0.15) is 24.0 Å². The van der Waals surface area contributed by atoms with Gasteiger partial charge in [-0.1, -0.05) is 34.1 Å². The SMILES string of the molecule is Fc1cc(CNC2CC2)cc(OCc2ccccc2Br)c1. The van der Waals surface area contributed by atoms with Crippen molar-refractivity contribution < 1.29 is 9.13 Å². The number of hydrogen-bond donors (Lipinski definition) is 1. The highest BCUT2D eigenvalue weighted by molar-refractivity contribution is 9.10. The van der Waals surface area contributed by atoms with Crippen molar-refractivity contribution in [2.24, 2.45) is 0 Å². The minimum absolute atomic E-state index is 0.257. The van der Waals surface area contributed by atoms with Gasteiger partial charge in [-0.25, -0.2) is 4.39 Å². The van der Waals surface area contributed by atoms with Crippen LogP contribution in [-0.2, 0) is 13.2 Å². The zero-order chi connectivity index (χ0) is 14.7. The van der Waals surface area contributed by atoms with Gasteiger partial charge in [0.1, 0.15) is 18.2 Å². The van der Waals surface area contributed by atoms with Crippen molar-refractivity contribution in [1.29, 1.82) is 0 Å². The van der Waals surface area contributed by atoms with E-state index in [4.69, 9.17) is 4.74 Å². The fraction of sp³-hybridized carbons (Fsp3) is 0.294. The molecule has 2 aromatic carbocycles. The van der Waals surface area contributed by atoms with Gasteiger partial charge in [0, 0.05) is 28.7 Å². The lowest BCUT2D eigenvalue weighted by atomic mass is 10.2. The Morgan fingerprint density at radius 3 is 2.76 bits per heavy atom. The number of hydrogen-bond acceptors (Lipinski definition) is 2. The summed E-state index contributed by atoms with van der Waals surface area (Å²) in [5, 5.41) is 3.38. The molecule has 0 bridgehead atoms. The summed E-state index contributed by atoms with van der Waals surface area (Å²) in [6.07, 6.45) is 2.45. The van der Waals surface area contributed by atoms with Crippen molar-refractivity contribution in [3.05, 3.63) is 63.9 Å². The molecule has 0 amide bonds. The zero-order valence-corrected chi connectivity index (χ0v) is 13.2. The minimum Gasteiger partial charge on any atom is -0.489 e. The van der Waals surface area contributed by atoms with Crippen molar-refractivity contribution in [3.63, 3.8) is 0 Å². The van der Waals surface area contributed by atoms with Gasteiger partial charge in [-0.15, -0.1) is 0 Å². The summed E-state index contributed by atoms with van der Waals surface area (Å²) in [5.41, 5.74) is 1.96. The Hall–Kier alpha value is -1.39. The third kappa shape index (κ3) is 4.29. The molecule has 0 aromatic heterocycles. The highest BCUT2D eigenvalue weighted by atomic mass is 79.9. The van der Waals surface area contributed by atoms with Crippen LogP contribution in [0.5, 0.6) is 5.75 Å². The lowest BCUT2D eigenvalue weighted by Gasteiger charge is -2.10. The van der Waals surface area contributed by atoms with Gasteiger partial charge in [-0.3, -0.25) is 0 Å². The normalized spacial score (nSPS) is 14.2. The molecule has 0 saturated heterocycles. The van der Waals surface area contributed by atoms with Crippen LogP contribution in [0.25, 0.3) is 0 Å². The van der Waals surface area contributed by atoms with Gasteiger partial charge in [0.25, 0.3) is 0 Å². The van der Waals surface area contributed by atoms with Crippen LogP contribution in [0, 0.1) is 5.82 Å². The third-order valence-electron chi connectivity index (χ3n) is 3.46. The van der Waals surface area contributed by atoms with Gasteiger partial charge in [-0.2, -0.15) is 0 Å². The summed E-state index contributed by atoms with van der Waals surface area (Å²) < 4.78 is 20.4. The fourth-order valence-electron chi connectivity index (χ4n) is 2.13. The first-order valence-electron chi connectivity index (χ1n) is 7.10. The maximum absolute atomic E-state index is 13.7. The van der Waals surface area contributed by atoms with Gasteiger partial charge in [-0.05, 0) is 36.6 Å². The Bertz CT molecular complexity index is 628. The van der Waals surface area contributed by atoms with Gasteiger partial charge >= 0.3 is 0 Å². The maximum atomic E-state index is 13.7. The number of nitrogens with one attached hydrogen (secondary N) is 1. The molecule has 0 heterocycles. The first-order valence-corrected chi connectivity index (χ1v) is 7.89. The molecule has 3 rings (SSSR count). The molecule has 21 heavy (non-hydrogen) atoms. The Balaban J connectivity index is 1.65. The summed E-state index contributed by atoms with van der Waals surface area (Å²) >= 11 is 3.48. The minimum atomic E-state index is -0.257. The van der Waals surface area contributed by atoms with Crippen molar-refractivity contribution in [3.8, 4) is 5.75 Å². The molecular formula is C17H17BrFNO. The van der Waals surface area contributed by atoms with Crippen LogP contribution in [0.15, 0.2) is 46.9 Å². The molecule has 0 aliphatic heterocycles. The van der Waals surface area contributed by atoms with Crippen molar-refractivity contribution in [2.75, 3.05) is 0 Å². The first kappa shape index (κ1) is 14.5. The second-order valence-corrected chi connectivity index (χ2v) is 6.18. The van der Waals surface area contributed by atoms with E-state index in [2.05, 4.69) is 21.2 Å². The summed E-state index contributed by atoms with van der Waals surface area (Å²) in [7, 11) is 0. The van der Waals surface area contributed by atoms with Crippen molar-refractivity contribution >= 4 is 15.9 Å². The lowest BCUT2D eigenvalue weighted by molar-refractivity contribution is 0.303. The number of rotatable bonds is 6. The number of ether oxygens (including phenoxy) is 1. The van der Waals surface area contributed by atoms with E-state index in [0.717, 1.165) is 15.6 Å². The Labute approximate surface area is 132 Å². The summed E-state index contributed by atoms with van der Waals surface area (Å²) in [6.45, 7) is 1.11. The number of benzene rings is 2. The highest BCUT2D eigenvalue weighted by Crippen LogP contribution is 2.23. The Morgan fingerprint density at radius 2 is 2.00 bits per heavy atom. The van der Waals surface area contributed by atoms with Crippen LogP contribution >= 0.6 is 15.9 Å². The zero-order valence-electron chi connectivity index (χ0n) is 11.6. The average molecular weight is 350 g/mol. The lowest BCUT2D eigenvalue weighted by Crippen LogP contribution is -2.15. The quantitative estimate of drug-likeness (QED) is 0.833. The molecule has 1 N–H and O–H groups in total. The van der Waals surface area contributed by atoms with Crippen LogP contribution < -0.4 is 10.1 Å². The molecule has 1 aliphatic rings. The largest absolute Gasteiger partial charge is 0.489 e. The molecular weight excluding hydrogens is 333 g/mol. The van der Waals surface area contributed by atoms with Crippen LogP contribution in [0.2, 0.25) is 0 Å². The van der Waals surface area contributed by atoms with Crippen molar-refractivity contribution in [1.82, 2.24) is 5.32 Å². The van der Waals surface area contributed by atoms with E-state index in [1.807, 2.05) is 30.3 Å². The topological polar surface area (TPSA) is 21.3 Å². The van der Waals surface area contributed by atoms with Crippen LogP contribution in [-0.4, -0.2) is 6.04 Å². The van der Waals surface area contributed by atoms with Gasteiger partial charge in [0.15, 0.2) is 0 Å². The van der Waals surface area contributed by atoms with E-state index in [0.29, 0.717) is 24.9 Å². The van der Waals surface area contributed by atoms with E-state index in [1.54, 1.807) is 6.07 Å². The standard InChI is InChI=1S/C17H17BrFNO/c18-17-4-2-1-3-13(17)11-21-16-8-12(7-14(19)9-16)10-20-15-5-6-15/h1-4,7-9,15,20H,5-6,10-11H2. The van der Waals surface area contributed by atoms with Gasteiger partial charge in [0.05, 0.1) is 0 Å². The molecule has 110 valence electrons. The average Bonchev–Trinajstić information content (AvgIpc) is 3.28. The molecule has 2 aromatic rings. The van der Waals surface area contributed by atoms with Gasteiger partial charge in [0.2, 0.25) is 0 Å². The summed E-state index contributed by atoms with van der Waals surface area (Å²) in [6, 6.07) is 13.4. The second kappa shape index (κ2) is 6.58.